The lowest BCUT2D eigenvalue weighted by Crippen LogP contribution is -2.51. The largest absolute Gasteiger partial charge is 0.419 e. The van der Waals surface area contributed by atoms with Crippen LogP contribution >= 0.6 is 11.6 Å². The number of carbonyl (C=O) groups is 6. The first kappa shape index (κ1) is 95.0. The van der Waals surface area contributed by atoms with E-state index in [4.69, 9.17) is 18.2 Å². The maximum atomic E-state index is 13.3. The number of hydrogen-bond donors (Lipinski definition) is 0. The van der Waals surface area contributed by atoms with Crippen LogP contribution in [0.3, 0.4) is 0 Å². The summed E-state index contributed by atoms with van der Waals surface area (Å²) in [4.78, 5) is 121. The molecule has 672 valence electrons. The van der Waals surface area contributed by atoms with Gasteiger partial charge in [0.15, 0.2) is 0 Å². The molecule has 27 heteroatoms. The van der Waals surface area contributed by atoms with Crippen molar-refractivity contribution in [2.24, 2.45) is 0 Å². The first-order valence-electron chi connectivity index (χ1n) is 45.1. The summed E-state index contributed by atoms with van der Waals surface area (Å²) in [5.74, 6) is 3.29. The molecule has 129 heavy (non-hydrogen) atoms. The SMILES string of the molecule is CCC(=O)N(c1ccccc1)C1CCN(C(=O)C2(c3ccc(Cl)cc3)CC2)CC1.CCC(=O)N(c1ccccc1)C1CCN(c2ncccc2C#N)CC1.CCC(=O)N(c1ccccc1)C1CCN(c2ncccc2C(F)(F)F)CC1.CCC(=O)N(c1ccccc1)C1CCN(c2ncccn2)CC1.[C-]#[N+]c1ccc(N2CCC(N(C(=O)CC)c3ccccc3)CC2)nc1. The molecule has 16 rings (SSSR count). The molecular weight excluding hydrogens is 1650 g/mol. The Morgan fingerprint density at radius 3 is 1.08 bits per heavy atom. The van der Waals surface area contributed by atoms with Crippen molar-refractivity contribution < 1.29 is 41.9 Å². The van der Waals surface area contributed by atoms with Crippen LogP contribution in [-0.4, -0.2) is 161 Å². The second-order valence-electron chi connectivity index (χ2n) is 32.6. The first-order valence-corrected chi connectivity index (χ1v) is 45.5. The maximum absolute atomic E-state index is 13.3. The molecule has 1 aliphatic carbocycles. The van der Waals surface area contributed by atoms with Crippen LogP contribution in [0.1, 0.15) is 160 Å². The number of likely N-dealkylation sites (tertiary alicyclic amines) is 1. The van der Waals surface area contributed by atoms with Gasteiger partial charge in [0.25, 0.3) is 0 Å². The number of anilines is 9. The predicted molar refractivity (Wildman–Crippen MR) is 505 cm³/mol. The second kappa shape index (κ2) is 46.6. The number of rotatable bonds is 21. The highest BCUT2D eigenvalue weighted by Crippen LogP contribution is 2.50. The minimum absolute atomic E-state index is 0.0217. The fraction of sp³-hybridized carbons (Fsp3) is 0.382. The normalized spacial score (nSPS) is 15.9. The number of amides is 6. The van der Waals surface area contributed by atoms with Gasteiger partial charge in [-0.25, -0.2) is 24.8 Å². The third-order valence-electron chi connectivity index (χ3n) is 24.6. The predicted octanol–water partition coefficient (Wildman–Crippen LogP) is 19.6. The molecule has 0 atom stereocenters. The van der Waals surface area contributed by atoms with Crippen LogP contribution in [0, 0.1) is 17.9 Å². The van der Waals surface area contributed by atoms with Crippen molar-refractivity contribution in [3.63, 3.8) is 0 Å². The molecule has 5 saturated heterocycles. The van der Waals surface area contributed by atoms with Gasteiger partial charge in [0, 0.05) is 192 Å². The number of pyridine rings is 3. The number of hydrogen-bond acceptors (Lipinski definition) is 16. The van der Waals surface area contributed by atoms with Crippen molar-refractivity contribution in [1.82, 2.24) is 29.8 Å². The molecule has 6 fully saturated rings. The summed E-state index contributed by atoms with van der Waals surface area (Å²) in [5, 5.41) is 9.97. The van der Waals surface area contributed by atoms with Gasteiger partial charge in [-0.2, -0.15) is 18.4 Å². The molecule has 5 aliphatic heterocycles. The molecule has 0 spiro atoms. The van der Waals surface area contributed by atoms with Gasteiger partial charge in [0.1, 0.15) is 23.5 Å². The molecule has 9 heterocycles. The van der Waals surface area contributed by atoms with E-state index in [-0.39, 0.29) is 76.9 Å². The fourth-order valence-corrected chi connectivity index (χ4v) is 17.9. The summed E-state index contributed by atoms with van der Waals surface area (Å²) < 4.78 is 39.8. The maximum Gasteiger partial charge on any atom is 0.419 e. The molecule has 0 bridgehead atoms. The molecule has 6 amide bonds. The fourth-order valence-electron chi connectivity index (χ4n) is 17.8. The van der Waals surface area contributed by atoms with Gasteiger partial charge in [-0.1, -0.05) is 155 Å². The Hall–Kier alpha value is -13.1. The van der Waals surface area contributed by atoms with Crippen LogP contribution in [0.5, 0.6) is 0 Å². The number of benzene rings is 6. The van der Waals surface area contributed by atoms with Gasteiger partial charge in [0.05, 0.1) is 23.1 Å². The Balaban J connectivity index is 0.000000146. The average Bonchev–Trinajstić information content (AvgIpc) is 1.59. The topological polar surface area (TPSA) is 227 Å². The van der Waals surface area contributed by atoms with Crippen LogP contribution in [-0.2, 0) is 40.4 Å². The highest BCUT2D eigenvalue weighted by molar-refractivity contribution is 6.30. The number of para-hydroxylation sites is 5. The lowest BCUT2D eigenvalue weighted by atomic mass is 9.92. The van der Waals surface area contributed by atoms with Gasteiger partial charge in [-0.05, 0) is 192 Å². The van der Waals surface area contributed by atoms with Crippen LogP contribution < -0.4 is 44.1 Å². The van der Waals surface area contributed by atoms with E-state index in [2.05, 4.69) is 50.5 Å². The number of nitrogens with zero attached hydrogens (tertiary/aromatic N) is 17. The Kier molecular flexibility index (Phi) is 34.3. The Morgan fingerprint density at radius 2 is 0.744 bits per heavy atom. The summed E-state index contributed by atoms with van der Waals surface area (Å²) in [5.41, 5.74) is 5.86. The number of carbonyl (C=O) groups excluding carboxylic acids is 6. The van der Waals surface area contributed by atoms with Crippen molar-refractivity contribution in [2.45, 2.75) is 186 Å². The lowest BCUT2D eigenvalue weighted by Gasteiger charge is -2.39. The molecule has 1 saturated carbocycles. The molecule has 10 aromatic rings. The van der Waals surface area contributed by atoms with E-state index in [9.17, 15) is 47.2 Å². The summed E-state index contributed by atoms with van der Waals surface area (Å²) in [6.45, 7) is 23.7. The first-order chi connectivity index (χ1) is 62.7. The van der Waals surface area contributed by atoms with E-state index in [1.54, 1.807) is 52.8 Å². The number of alkyl halides is 3. The molecule has 4 aromatic heterocycles. The van der Waals surface area contributed by atoms with Crippen molar-refractivity contribution in [1.29, 1.82) is 5.26 Å². The monoisotopic (exact) mass is 1770 g/mol. The van der Waals surface area contributed by atoms with Crippen molar-refractivity contribution in [3.05, 3.63) is 283 Å². The summed E-state index contributed by atoms with van der Waals surface area (Å²) in [6, 6.07) is 71.2. The molecule has 0 radical (unpaired) electrons. The zero-order chi connectivity index (χ0) is 91.2. The highest BCUT2D eigenvalue weighted by Gasteiger charge is 2.53. The highest BCUT2D eigenvalue weighted by atomic mass is 35.5. The molecule has 0 unspecified atom stereocenters. The minimum atomic E-state index is -4.44. The van der Waals surface area contributed by atoms with Gasteiger partial charge >= 0.3 is 6.18 Å². The number of nitriles is 1. The Labute approximate surface area is 761 Å². The summed E-state index contributed by atoms with van der Waals surface area (Å²) in [6.07, 6.45) is 16.2. The lowest BCUT2D eigenvalue weighted by molar-refractivity contribution is -0.137. The average molecular weight is 1770 g/mol. The number of halogens is 4. The van der Waals surface area contributed by atoms with Crippen LogP contribution in [0.2, 0.25) is 5.02 Å². The molecule has 6 aliphatic rings. The number of aromatic nitrogens is 5. The van der Waals surface area contributed by atoms with Crippen molar-refractivity contribution in [3.8, 4) is 6.07 Å². The third-order valence-corrected chi connectivity index (χ3v) is 24.9. The Bertz CT molecular complexity index is 5320. The van der Waals surface area contributed by atoms with E-state index in [1.807, 2.05) is 247 Å². The van der Waals surface area contributed by atoms with E-state index in [1.165, 1.54) is 12.3 Å². The minimum Gasteiger partial charge on any atom is -0.357 e. The smallest absolute Gasteiger partial charge is 0.357 e. The molecular formula is C102H115ClF3N17O6. The van der Waals surface area contributed by atoms with E-state index in [0.29, 0.717) is 87.4 Å². The zero-order valence-corrected chi connectivity index (χ0v) is 75.0. The molecule has 6 aromatic carbocycles. The van der Waals surface area contributed by atoms with Crippen LogP contribution in [0.25, 0.3) is 4.85 Å². The van der Waals surface area contributed by atoms with Gasteiger partial charge < -0.3 is 49.0 Å². The van der Waals surface area contributed by atoms with Gasteiger partial charge in [-0.15, -0.1) is 0 Å². The molecule has 23 nitrogen and oxygen atoms in total. The van der Waals surface area contributed by atoms with E-state index >= 15 is 0 Å². The van der Waals surface area contributed by atoms with E-state index in [0.717, 1.165) is 161 Å². The van der Waals surface area contributed by atoms with Crippen LogP contribution in [0.4, 0.5) is 70.7 Å². The second-order valence-corrected chi connectivity index (χ2v) is 33.1. The standard InChI is InChI=1S/C24H27ClN2O2.C20H22F3N3O.2C20H22N4O.C18H22N4O/c1-2-22(28)27(20-6-4-3-5-7-20)21-12-16-26(17-13-21)23(29)24(14-15-24)18-8-10-19(25)11-9-18;1-2-18(27)26(15-7-4-3-5-8-15)16-10-13-25(14-11-16)19-17(20(21,22)23)9-6-12-24-19;1-3-20(25)24(17-7-5-4-6-8-17)18-11-13-23(14-12-18)19-10-9-16(21-2)15-22-19;1-2-19(25)24(17-8-4-3-5-9-17)18-10-13-23(14-11-18)20-16(15-21)7-6-12-22-20;1-2-17(23)22(15-7-4-3-5-8-15)16-9-13-21(14-10-16)18-19-11-6-12-20-18/h3-11,21H,2,12-17H2,1H3;3-9,12,16H,2,10-11,13-14H2,1H3;4-10,15,18H,3,11-14H2,1H3;3-9,12,18H,2,10-11,13-14H2,1H3;3-8,11-12,16H,2,9-10,13-14H2,1H3. The number of piperidine rings is 5. The third kappa shape index (κ3) is 24.6. The van der Waals surface area contributed by atoms with Crippen LogP contribution in [0.15, 0.2) is 249 Å². The van der Waals surface area contributed by atoms with Gasteiger partial charge in [-0.3, -0.25) is 33.8 Å². The van der Waals surface area contributed by atoms with Gasteiger partial charge in [0.2, 0.25) is 47.1 Å². The zero-order valence-electron chi connectivity index (χ0n) is 74.2. The summed E-state index contributed by atoms with van der Waals surface area (Å²) >= 11 is 6.02. The summed E-state index contributed by atoms with van der Waals surface area (Å²) in [7, 11) is 0. The van der Waals surface area contributed by atoms with Crippen molar-refractivity contribution >= 4 is 105 Å². The molecule has 0 N–H and O–H groups in total. The quantitative estimate of drug-likeness (QED) is 0.0609. The Morgan fingerprint density at radius 1 is 0.411 bits per heavy atom. The van der Waals surface area contributed by atoms with Crippen molar-refractivity contribution in [2.75, 3.05) is 110 Å². The van der Waals surface area contributed by atoms with E-state index < -0.39 is 11.7 Å².